The van der Waals surface area contributed by atoms with Crippen LogP contribution in [0.2, 0.25) is 0 Å². The lowest BCUT2D eigenvalue weighted by Gasteiger charge is -2.07. The van der Waals surface area contributed by atoms with E-state index in [1.54, 1.807) is 24.4 Å². The number of carbonyl (C=O) groups is 1. The largest absolute Gasteiger partial charge is 0.322 e. The molecule has 0 unspecified atom stereocenters. The molecule has 0 radical (unpaired) electrons. The minimum absolute atomic E-state index is 0.162. The Labute approximate surface area is 134 Å². The van der Waals surface area contributed by atoms with Crippen LogP contribution in [-0.4, -0.2) is 15.7 Å². The number of anilines is 1. The summed E-state index contributed by atoms with van der Waals surface area (Å²) >= 11 is 0. The van der Waals surface area contributed by atoms with Gasteiger partial charge in [-0.2, -0.15) is 5.10 Å². The maximum absolute atomic E-state index is 12.3. The van der Waals surface area contributed by atoms with Gasteiger partial charge in [-0.1, -0.05) is 24.1 Å². The standard InChI is InChI=1S/C19H15N3O/c1-2-15-5-3-6-18(13-15)21-19(23)17-9-7-16(8-10-17)14-22-12-4-11-20-22/h1,3-13H,14H2,(H,21,23). The van der Waals surface area contributed by atoms with E-state index in [2.05, 4.69) is 16.3 Å². The molecule has 2 aromatic carbocycles. The first-order chi connectivity index (χ1) is 11.2. The molecular weight excluding hydrogens is 286 g/mol. The Balaban J connectivity index is 1.69. The van der Waals surface area contributed by atoms with Gasteiger partial charge in [-0.25, -0.2) is 0 Å². The van der Waals surface area contributed by atoms with E-state index < -0.39 is 0 Å². The quantitative estimate of drug-likeness (QED) is 0.752. The van der Waals surface area contributed by atoms with E-state index in [9.17, 15) is 4.79 Å². The summed E-state index contributed by atoms with van der Waals surface area (Å²) in [6.07, 6.45) is 9.01. The van der Waals surface area contributed by atoms with Crippen LogP contribution in [0.4, 0.5) is 5.69 Å². The number of benzene rings is 2. The molecule has 0 fully saturated rings. The number of nitrogens with one attached hydrogen (secondary N) is 1. The highest BCUT2D eigenvalue weighted by Gasteiger charge is 2.06. The van der Waals surface area contributed by atoms with Crippen LogP contribution in [-0.2, 0) is 6.54 Å². The summed E-state index contributed by atoms with van der Waals surface area (Å²) in [4.78, 5) is 12.3. The maximum Gasteiger partial charge on any atom is 0.255 e. The molecule has 0 atom stereocenters. The van der Waals surface area contributed by atoms with E-state index in [0.717, 1.165) is 11.1 Å². The third-order valence-electron chi connectivity index (χ3n) is 3.41. The van der Waals surface area contributed by atoms with Gasteiger partial charge in [0.15, 0.2) is 0 Å². The van der Waals surface area contributed by atoms with Gasteiger partial charge >= 0.3 is 0 Å². The molecule has 0 aliphatic rings. The second-order valence-electron chi connectivity index (χ2n) is 5.08. The van der Waals surface area contributed by atoms with Gasteiger partial charge in [0.1, 0.15) is 0 Å². The Bertz CT molecular complexity index is 843. The third kappa shape index (κ3) is 3.66. The second kappa shape index (κ2) is 6.63. The maximum atomic E-state index is 12.3. The molecule has 1 aromatic heterocycles. The number of aromatic nitrogens is 2. The van der Waals surface area contributed by atoms with E-state index in [4.69, 9.17) is 6.42 Å². The minimum Gasteiger partial charge on any atom is -0.322 e. The average molecular weight is 301 g/mol. The molecule has 23 heavy (non-hydrogen) atoms. The molecule has 112 valence electrons. The first-order valence-electron chi connectivity index (χ1n) is 7.19. The van der Waals surface area contributed by atoms with Crippen LogP contribution in [0, 0.1) is 12.3 Å². The van der Waals surface area contributed by atoms with E-state index in [1.165, 1.54) is 0 Å². The highest BCUT2D eigenvalue weighted by atomic mass is 16.1. The summed E-state index contributed by atoms with van der Waals surface area (Å²) in [6.45, 7) is 0.680. The summed E-state index contributed by atoms with van der Waals surface area (Å²) < 4.78 is 1.83. The molecule has 0 aliphatic heterocycles. The molecule has 0 saturated carbocycles. The van der Waals surface area contributed by atoms with Gasteiger partial charge in [0.05, 0.1) is 6.54 Å². The summed E-state index contributed by atoms with van der Waals surface area (Å²) in [7, 11) is 0. The summed E-state index contributed by atoms with van der Waals surface area (Å²) in [5.41, 5.74) is 3.10. The number of hydrogen-bond donors (Lipinski definition) is 1. The number of carbonyl (C=O) groups excluding carboxylic acids is 1. The minimum atomic E-state index is -0.162. The van der Waals surface area contributed by atoms with Crippen molar-refractivity contribution in [2.45, 2.75) is 6.54 Å². The van der Waals surface area contributed by atoms with Gasteiger partial charge < -0.3 is 5.32 Å². The van der Waals surface area contributed by atoms with Crippen molar-refractivity contribution in [2.75, 3.05) is 5.32 Å². The van der Waals surface area contributed by atoms with Crippen molar-refractivity contribution in [1.82, 2.24) is 9.78 Å². The first kappa shape index (κ1) is 14.6. The predicted octanol–water partition coefficient (Wildman–Crippen LogP) is 3.17. The molecule has 3 aromatic rings. The van der Waals surface area contributed by atoms with Crippen LogP contribution < -0.4 is 5.32 Å². The zero-order chi connectivity index (χ0) is 16.1. The van der Waals surface area contributed by atoms with Crippen LogP contribution in [0.15, 0.2) is 67.0 Å². The Hall–Kier alpha value is -3.32. The van der Waals surface area contributed by atoms with E-state index in [1.807, 2.05) is 47.3 Å². The van der Waals surface area contributed by atoms with Crippen molar-refractivity contribution in [3.05, 3.63) is 83.7 Å². The van der Waals surface area contributed by atoms with Crippen molar-refractivity contribution < 1.29 is 4.79 Å². The van der Waals surface area contributed by atoms with Crippen LogP contribution in [0.3, 0.4) is 0 Å². The first-order valence-corrected chi connectivity index (χ1v) is 7.19. The van der Waals surface area contributed by atoms with E-state index in [-0.39, 0.29) is 5.91 Å². The molecule has 0 spiro atoms. The lowest BCUT2D eigenvalue weighted by molar-refractivity contribution is 0.102. The molecule has 3 rings (SSSR count). The second-order valence-corrected chi connectivity index (χ2v) is 5.08. The van der Waals surface area contributed by atoms with Crippen LogP contribution in [0.5, 0.6) is 0 Å². The highest BCUT2D eigenvalue weighted by Crippen LogP contribution is 2.12. The Kier molecular flexibility index (Phi) is 4.21. The predicted molar refractivity (Wildman–Crippen MR) is 90.1 cm³/mol. The lowest BCUT2D eigenvalue weighted by Crippen LogP contribution is -2.12. The van der Waals surface area contributed by atoms with Crippen molar-refractivity contribution in [1.29, 1.82) is 0 Å². The zero-order valence-corrected chi connectivity index (χ0v) is 12.4. The van der Waals surface area contributed by atoms with Crippen LogP contribution in [0.25, 0.3) is 0 Å². The smallest absolute Gasteiger partial charge is 0.255 e. The van der Waals surface area contributed by atoms with Crippen molar-refractivity contribution >= 4 is 11.6 Å². The van der Waals surface area contributed by atoms with Crippen molar-refractivity contribution in [3.8, 4) is 12.3 Å². The normalized spacial score (nSPS) is 10.0. The fourth-order valence-electron chi connectivity index (χ4n) is 2.23. The topological polar surface area (TPSA) is 46.9 Å². The van der Waals surface area contributed by atoms with Gasteiger partial charge in [0, 0.05) is 29.2 Å². The number of nitrogens with zero attached hydrogens (tertiary/aromatic N) is 2. The van der Waals surface area contributed by atoms with Gasteiger partial charge in [-0.05, 0) is 42.0 Å². The van der Waals surface area contributed by atoms with Gasteiger partial charge in [0.2, 0.25) is 0 Å². The van der Waals surface area contributed by atoms with E-state index in [0.29, 0.717) is 17.8 Å². The SMILES string of the molecule is C#Cc1cccc(NC(=O)c2ccc(Cn3cccn3)cc2)c1. The molecule has 0 aliphatic carbocycles. The van der Waals surface area contributed by atoms with Crippen LogP contribution in [0.1, 0.15) is 21.5 Å². The monoisotopic (exact) mass is 301 g/mol. The van der Waals surface area contributed by atoms with Crippen molar-refractivity contribution in [2.24, 2.45) is 0 Å². The number of terminal acetylenes is 1. The number of rotatable bonds is 4. The summed E-state index contributed by atoms with van der Waals surface area (Å²) in [5.74, 6) is 2.39. The van der Waals surface area contributed by atoms with Gasteiger partial charge in [-0.15, -0.1) is 6.42 Å². The molecular formula is C19H15N3O. The lowest BCUT2D eigenvalue weighted by atomic mass is 10.1. The third-order valence-corrected chi connectivity index (χ3v) is 3.41. The zero-order valence-electron chi connectivity index (χ0n) is 12.4. The Morgan fingerprint density at radius 1 is 1.17 bits per heavy atom. The summed E-state index contributed by atoms with van der Waals surface area (Å²) in [6, 6.07) is 16.6. The fourth-order valence-corrected chi connectivity index (χ4v) is 2.23. The molecule has 4 heteroatoms. The molecule has 1 N–H and O–H groups in total. The fraction of sp³-hybridized carbons (Fsp3) is 0.0526. The Morgan fingerprint density at radius 2 is 2.00 bits per heavy atom. The van der Waals surface area contributed by atoms with Gasteiger partial charge in [-0.3, -0.25) is 9.48 Å². The van der Waals surface area contributed by atoms with Gasteiger partial charge in [0.25, 0.3) is 5.91 Å². The Morgan fingerprint density at radius 3 is 2.70 bits per heavy atom. The molecule has 1 amide bonds. The number of amides is 1. The molecule has 1 heterocycles. The molecule has 0 saturated heterocycles. The van der Waals surface area contributed by atoms with Crippen LogP contribution >= 0.6 is 0 Å². The average Bonchev–Trinajstić information content (AvgIpc) is 3.08. The highest BCUT2D eigenvalue weighted by molar-refractivity contribution is 6.04. The number of hydrogen-bond acceptors (Lipinski definition) is 2. The van der Waals surface area contributed by atoms with Crippen molar-refractivity contribution in [3.63, 3.8) is 0 Å². The molecule has 4 nitrogen and oxygen atoms in total. The van der Waals surface area contributed by atoms with E-state index >= 15 is 0 Å². The summed E-state index contributed by atoms with van der Waals surface area (Å²) in [5, 5.41) is 7.01. The molecule has 0 bridgehead atoms.